The summed E-state index contributed by atoms with van der Waals surface area (Å²) in [6.45, 7) is 0. The summed E-state index contributed by atoms with van der Waals surface area (Å²) in [5.74, 6) is 1.98. The lowest BCUT2D eigenvalue weighted by atomic mass is 9.97. The molecule has 0 radical (unpaired) electrons. The predicted molar refractivity (Wildman–Crippen MR) is 242 cm³/mol. The third-order valence-electron chi connectivity index (χ3n) is 11.1. The van der Waals surface area contributed by atoms with Crippen LogP contribution in [0, 0.1) is 0 Å². The predicted octanol–water partition coefficient (Wildman–Crippen LogP) is 14.4. The molecular weight excluding hydrogens is 733 g/mol. The highest BCUT2D eigenvalue weighted by Crippen LogP contribution is 2.48. The Balaban J connectivity index is 1.06. The first-order chi connectivity index (χ1) is 28.3. The van der Waals surface area contributed by atoms with E-state index in [0.717, 1.165) is 16.7 Å². The van der Waals surface area contributed by atoms with E-state index in [1.165, 1.54) is 79.0 Å². The maximum Gasteiger partial charge on any atom is 0.164 e. The number of para-hydroxylation sites is 2. The monoisotopic (exact) mass is 762 g/mol. The Morgan fingerprint density at radius 1 is 0.351 bits per heavy atom. The van der Waals surface area contributed by atoms with Gasteiger partial charge in [0, 0.05) is 73.4 Å². The van der Waals surface area contributed by atoms with E-state index in [4.69, 9.17) is 15.0 Å². The maximum absolute atomic E-state index is 5.04. The maximum atomic E-state index is 5.04. The summed E-state index contributed by atoms with van der Waals surface area (Å²) in [5, 5.41) is 7.55. The van der Waals surface area contributed by atoms with Crippen molar-refractivity contribution in [2.75, 3.05) is 0 Å². The van der Waals surface area contributed by atoms with E-state index in [2.05, 4.69) is 126 Å². The minimum atomic E-state index is 0.659. The molecule has 0 unspecified atom stereocenters. The van der Waals surface area contributed by atoms with Gasteiger partial charge in [0.15, 0.2) is 17.5 Å². The van der Waals surface area contributed by atoms with Crippen molar-refractivity contribution in [3.63, 3.8) is 0 Å². The number of aromatic nitrogens is 4. The fraction of sp³-hybridized carbons (Fsp3) is 0. The molecule has 0 saturated carbocycles. The Morgan fingerprint density at radius 3 is 1.58 bits per heavy atom. The van der Waals surface area contributed by atoms with E-state index in [9.17, 15) is 0 Å². The molecule has 266 valence electrons. The molecular formula is C51H30N4S2. The van der Waals surface area contributed by atoms with Gasteiger partial charge in [0.1, 0.15) is 0 Å². The summed E-state index contributed by atoms with van der Waals surface area (Å²) in [7, 11) is 0. The van der Waals surface area contributed by atoms with Gasteiger partial charge in [-0.05, 0) is 54.1 Å². The van der Waals surface area contributed by atoms with Crippen LogP contribution in [-0.2, 0) is 0 Å². The molecule has 0 aliphatic rings. The van der Waals surface area contributed by atoms with Crippen LogP contribution in [0.2, 0.25) is 0 Å². The lowest BCUT2D eigenvalue weighted by Gasteiger charge is -2.12. The van der Waals surface area contributed by atoms with E-state index in [0.29, 0.717) is 17.5 Å². The van der Waals surface area contributed by atoms with Crippen molar-refractivity contribution in [2.24, 2.45) is 0 Å². The number of thiophene rings is 2. The molecule has 4 aromatic heterocycles. The molecule has 12 rings (SSSR count). The van der Waals surface area contributed by atoms with Crippen LogP contribution in [0.15, 0.2) is 182 Å². The Kier molecular flexibility index (Phi) is 7.24. The van der Waals surface area contributed by atoms with Gasteiger partial charge in [-0.1, -0.05) is 133 Å². The lowest BCUT2D eigenvalue weighted by molar-refractivity contribution is 1.07. The first-order valence-electron chi connectivity index (χ1n) is 19.0. The first-order valence-corrected chi connectivity index (χ1v) is 20.7. The van der Waals surface area contributed by atoms with Crippen LogP contribution < -0.4 is 0 Å². The zero-order valence-electron chi connectivity index (χ0n) is 30.4. The molecule has 8 aromatic carbocycles. The number of nitrogens with zero attached hydrogens (tertiary/aromatic N) is 4. The minimum absolute atomic E-state index is 0.659. The Hall–Kier alpha value is -6.99. The fourth-order valence-corrected chi connectivity index (χ4v) is 10.9. The van der Waals surface area contributed by atoms with E-state index >= 15 is 0 Å². The summed E-state index contributed by atoms with van der Waals surface area (Å²) in [4.78, 5) is 15.0. The second kappa shape index (κ2) is 12.8. The molecule has 4 heterocycles. The zero-order valence-corrected chi connectivity index (χ0v) is 32.1. The van der Waals surface area contributed by atoms with Crippen LogP contribution in [0.1, 0.15) is 0 Å². The topological polar surface area (TPSA) is 43.6 Å². The molecule has 0 spiro atoms. The molecule has 0 saturated heterocycles. The van der Waals surface area contributed by atoms with E-state index < -0.39 is 0 Å². The summed E-state index contributed by atoms with van der Waals surface area (Å²) < 4.78 is 7.54. The molecule has 0 amide bonds. The van der Waals surface area contributed by atoms with Gasteiger partial charge < -0.3 is 4.57 Å². The normalized spacial score (nSPS) is 11.9. The zero-order chi connectivity index (χ0) is 37.5. The van der Waals surface area contributed by atoms with Crippen molar-refractivity contribution in [2.45, 2.75) is 0 Å². The van der Waals surface area contributed by atoms with E-state index in [1.807, 2.05) is 83.3 Å². The van der Waals surface area contributed by atoms with Crippen molar-refractivity contribution in [1.82, 2.24) is 19.5 Å². The van der Waals surface area contributed by atoms with Crippen molar-refractivity contribution >= 4 is 84.8 Å². The van der Waals surface area contributed by atoms with Gasteiger partial charge in [-0.15, -0.1) is 22.7 Å². The molecule has 0 aliphatic heterocycles. The van der Waals surface area contributed by atoms with Crippen LogP contribution in [0.4, 0.5) is 0 Å². The molecule has 12 aromatic rings. The smallest absolute Gasteiger partial charge is 0.164 e. The highest BCUT2D eigenvalue weighted by atomic mass is 32.1. The highest BCUT2D eigenvalue weighted by Gasteiger charge is 2.21. The fourth-order valence-electron chi connectivity index (χ4n) is 8.53. The molecule has 57 heavy (non-hydrogen) atoms. The molecule has 0 N–H and O–H groups in total. The Bertz CT molecular complexity index is 3410. The van der Waals surface area contributed by atoms with E-state index in [1.54, 1.807) is 0 Å². The molecule has 0 atom stereocenters. The van der Waals surface area contributed by atoms with Crippen molar-refractivity contribution in [1.29, 1.82) is 0 Å². The van der Waals surface area contributed by atoms with Gasteiger partial charge in [-0.3, -0.25) is 0 Å². The van der Waals surface area contributed by atoms with Crippen LogP contribution in [-0.4, -0.2) is 19.5 Å². The molecule has 0 aliphatic carbocycles. The Morgan fingerprint density at radius 2 is 0.895 bits per heavy atom. The summed E-state index contributed by atoms with van der Waals surface area (Å²) in [6.07, 6.45) is 0. The first kappa shape index (κ1) is 32.3. The standard InChI is InChI=1S/C51H30N4S2/c1-3-14-31(15-4-1)49-52-50(32-16-5-2-6-17-32)54-51(53-49)33-28-29-43-39(30-33)38-22-11-21-37(48(38)57-43)36-20-12-26-44-46(36)47-42(25-13-27-45(47)56-44)55-40-23-9-7-18-34(40)35-19-8-10-24-41(35)55/h1-30H. The molecule has 0 bridgehead atoms. The van der Waals surface area contributed by atoms with Crippen molar-refractivity contribution < 1.29 is 0 Å². The van der Waals surface area contributed by atoms with Crippen LogP contribution in [0.5, 0.6) is 0 Å². The SMILES string of the molecule is c1ccc(-c2nc(-c3ccccc3)nc(-c3ccc4sc5c(-c6cccc7sc8cccc(-n9c%10ccccc%10c%10ccccc%109)c8c67)cccc5c4c3)n2)cc1. The average molecular weight is 763 g/mol. The van der Waals surface area contributed by atoms with Crippen LogP contribution >= 0.6 is 22.7 Å². The lowest BCUT2D eigenvalue weighted by Crippen LogP contribution is -2.00. The number of hydrogen-bond donors (Lipinski definition) is 0. The van der Waals surface area contributed by atoms with Crippen LogP contribution in [0.3, 0.4) is 0 Å². The van der Waals surface area contributed by atoms with Gasteiger partial charge in [-0.25, -0.2) is 15.0 Å². The summed E-state index contributed by atoms with van der Waals surface area (Å²) in [6, 6.07) is 64.8. The second-order valence-electron chi connectivity index (χ2n) is 14.3. The Labute approximate surface area is 335 Å². The number of benzene rings is 8. The number of rotatable bonds is 5. The van der Waals surface area contributed by atoms with Gasteiger partial charge >= 0.3 is 0 Å². The molecule has 0 fully saturated rings. The van der Waals surface area contributed by atoms with E-state index in [-0.39, 0.29) is 0 Å². The van der Waals surface area contributed by atoms with Gasteiger partial charge in [0.2, 0.25) is 0 Å². The van der Waals surface area contributed by atoms with Gasteiger partial charge in [-0.2, -0.15) is 0 Å². The average Bonchev–Trinajstić information content (AvgIpc) is 3.96. The molecule has 6 heteroatoms. The van der Waals surface area contributed by atoms with Crippen LogP contribution in [0.25, 0.3) is 113 Å². The summed E-state index contributed by atoms with van der Waals surface area (Å²) in [5.41, 5.74) is 9.02. The van der Waals surface area contributed by atoms with Gasteiger partial charge in [0.25, 0.3) is 0 Å². The number of hydrogen-bond acceptors (Lipinski definition) is 5. The highest BCUT2D eigenvalue weighted by molar-refractivity contribution is 7.27. The third kappa shape index (κ3) is 5.08. The number of fused-ring (bicyclic) bond motifs is 9. The van der Waals surface area contributed by atoms with Crippen molar-refractivity contribution in [3.05, 3.63) is 182 Å². The van der Waals surface area contributed by atoms with Gasteiger partial charge in [0.05, 0.1) is 16.7 Å². The van der Waals surface area contributed by atoms with Crippen molar-refractivity contribution in [3.8, 4) is 51.0 Å². The largest absolute Gasteiger partial charge is 0.309 e. The second-order valence-corrected chi connectivity index (χ2v) is 16.5. The quantitative estimate of drug-likeness (QED) is 0.175. The summed E-state index contributed by atoms with van der Waals surface area (Å²) >= 11 is 3.73. The third-order valence-corrected chi connectivity index (χ3v) is 13.4. The minimum Gasteiger partial charge on any atom is -0.309 e. The molecule has 4 nitrogen and oxygen atoms in total.